The van der Waals surface area contributed by atoms with Crippen molar-refractivity contribution in [3.8, 4) is 5.75 Å². The lowest BCUT2D eigenvalue weighted by molar-refractivity contribution is -0.144. The van der Waals surface area contributed by atoms with Crippen LogP contribution in [0, 0.1) is 13.8 Å². The van der Waals surface area contributed by atoms with E-state index >= 15 is 0 Å². The molecule has 2 heterocycles. The van der Waals surface area contributed by atoms with E-state index in [9.17, 15) is 9.59 Å². The number of carbonyl (C=O) groups excluding carboxylic acids is 2. The molecule has 0 bridgehead atoms. The molecule has 2 amide bonds. The van der Waals surface area contributed by atoms with Gasteiger partial charge in [-0.3, -0.25) is 9.59 Å². The summed E-state index contributed by atoms with van der Waals surface area (Å²) in [7, 11) is 1.63. The summed E-state index contributed by atoms with van der Waals surface area (Å²) in [6.07, 6.45) is 0.536. The van der Waals surface area contributed by atoms with Crippen LogP contribution in [0.1, 0.15) is 23.8 Å². The summed E-state index contributed by atoms with van der Waals surface area (Å²) >= 11 is 0. The van der Waals surface area contributed by atoms with Crippen molar-refractivity contribution in [2.45, 2.75) is 39.3 Å². The highest BCUT2D eigenvalue weighted by Crippen LogP contribution is 2.31. The van der Waals surface area contributed by atoms with Gasteiger partial charge in [-0.15, -0.1) is 0 Å². The van der Waals surface area contributed by atoms with Gasteiger partial charge in [0.2, 0.25) is 0 Å². The van der Waals surface area contributed by atoms with Gasteiger partial charge in [-0.2, -0.15) is 0 Å². The number of carbonyl (C=O) groups is 2. The third-order valence-electron chi connectivity index (χ3n) is 5.77. The highest BCUT2D eigenvalue weighted by molar-refractivity contribution is 6.39. The van der Waals surface area contributed by atoms with E-state index < -0.39 is 11.8 Å². The molecule has 2 atom stereocenters. The second kappa shape index (κ2) is 7.28. The molecular weight excluding hydrogens is 368 g/mol. The number of hydrogen-bond acceptors (Lipinski definition) is 4. The van der Waals surface area contributed by atoms with E-state index in [4.69, 9.17) is 9.15 Å². The van der Waals surface area contributed by atoms with Crippen LogP contribution in [0.2, 0.25) is 0 Å². The molecule has 1 aliphatic rings. The van der Waals surface area contributed by atoms with Crippen LogP contribution in [0.5, 0.6) is 5.75 Å². The predicted molar refractivity (Wildman–Crippen MR) is 111 cm³/mol. The average molecular weight is 392 g/mol. The fourth-order valence-electron chi connectivity index (χ4n) is 3.68. The molecule has 1 aliphatic heterocycles. The molecule has 0 spiro atoms. The van der Waals surface area contributed by atoms with Crippen LogP contribution in [-0.4, -0.2) is 35.9 Å². The SMILES string of the molecule is Cc1oc2ccc(NC(=O)C(=O)N(C)C(C)C3Cc4ccccc4O3)cc2c1C. The molecule has 150 valence electrons. The quantitative estimate of drug-likeness (QED) is 0.688. The molecule has 2 unspecified atom stereocenters. The molecule has 6 nitrogen and oxygen atoms in total. The first-order valence-electron chi connectivity index (χ1n) is 9.67. The maximum absolute atomic E-state index is 12.7. The van der Waals surface area contributed by atoms with Crippen LogP contribution >= 0.6 is 0 Å². The van der Waals surface area contributed by atoms with Crippen LogP contribution in [0.4, 0.5) is 5.69 Å². The van der Waals surface area contributed by atoms with Crippen molar-refractivity contribution in [1.82, 2.24) is 4.90 Å². The number of hydrogen-bond donors (Lipinski definition) is 1. The predicted octanol–water partition coefficient (Wildman–Crippen LogP) is 3.84. The summed E-state index contributed by atoms with van der Waals surface area (Å²) in [5.74, 6) is 0.406. The Balaban J connectivity index is 1.43. The monoisotopic (exact) mass is 392 g/mol. The van der Waals surface area contributed by atoms with Crippen molar-refractivity contribution in [1.29, 1.82) is 0 Å². The Morgan fingerprint density at radius 3 is 2.69 bits per heavy atom. The molecule has 29 heavy (non-hydrogen) atoms. The summed E-state index contributed by atoms with van der Waals surface area (Å²) in [6.45, 7) is 5.76. The number of benzene rings is 2. The number of para-hydroxylation sites is 1. The normalized spacial score (nSPS) is 16.2. The molecule has 0 radical (unpaired) electrons. The summed E-state index contributed by atoms with van der Waals surface area (Å²) in [6, 6.07) is 12.9. The van der Waals surface area contributed by atoms with Gasteiger partial charge in [0.1, 0.15) is 23.2 Å². The van der Waals surface area contributed by atoms with Gasteiger partial charge < -0.3 is 19.4 Å². The van der Waals surface area contributed by atoms with Crippen molar-refractivity contribution in [3.63, 3.8) is 0 Å². The molecule has 0 aliphatic carbocycles. The second-order valence-electron chi connectivity index (χ2n) is 7.57. The fraction of sp³-hybridized carbons (Fsp3) is 0.304. The van der Waals surface area contributed by atoms with Gasteiger partial charge in [0.15, 0.2) is 0 Å². The molecule has 1 aromatic heterocycles. The first kappa shape index (κ1) is 19.1. The van der Waals surface area contributed by atoms with Crippen LogP contribution < -0.4 is 10.1 Å². The Morgan fingerprint density at radius 2 is 1.93 bits per heavy atom. The lowest BCUT2D eigenvalue weighted by atomic mass is 10.0. The van der Waals surface area contributed by atoms with E-state index in [2.05, 4.69) is 5.32 Å². The van der Waals surface area contributed by atoms with Gasteiger partial charge in [0, 0.05) is 24.5 Å². The number of likely N-dealkylation sites (N-methyl/N-ethyl adjacent to an activating group) is 1. The van der Waals surface area contributed by atoms with Gasteiger partial charge in [-0.25, -0.2) is 0 Å². The molecule has 6 heteroatoms. The number of ether oxygens (including phenoxy) is 1. The minimum Gasteiger partial charge on any atom is -0.488 e. The summed E-state index contributed by atoms with van der Waals surface area (Å²) < 4.78 is 11.6. The van der Waals surface area contributed by atoms with E-state index in [1.807, 2.05) is 51.1 Å². The van der Waals surface area contributed by atoms with Crippen LogP contribution in [0.3, 0.4) is 0 Å². The zero-order valence-electron chi connectivity index (χ0n) is 17.0. The maximum atomic E-state index is 12.7. The van der Waals surface area contributed by atoms with Crippen molar-refractivity contribution in [3.05, 3.63) is 59.4 Å². The van der Waals surface area contributed by atoms with E-state index in [1.165, 1.54) is 4.90 Å². The molecule has 0 saturated carbocycles. The molecule has 2 aromatic carbocycles. The average Bonchev–Trinajstić information content (AvgIpc) is 3.27. The topological polar surface area (TPSA) is 71.8 Å². The molecule has 4 rings (SSSR count). The number of rotatable bonds is 3. The third kappa shape index (κ3) is 3.46. The van der Waals surface area contributed by atoms with Crippen molar-refractivity contribution in [2.75, 3.05) is 12.4 Å². The summed E-state index contributed by atoms with van der Waals surface area (Å²) in [5, 5.41) is 3.62. The highest BCUT2D eigenvalue weighted by Gasteiger charge is 2.33. The summed E-state index contributed by atoms with van der Waals surface area (Å²) in [5.41, 5.74) is 3.46. The standard InChI is InChI=1S/C23H24N2O4/c1-13-15(3)28-20-10-9-17(12-18(13)20)24-22(26)23(27)25(4)14(2)21-11-16-7-5-6-8-19(16)29-21/h5-10,12,14,21H,11H2,1-4H3,(H,24,26). The number of nitrogens with one attached hydrogen (secondary N) is 1. The minimum atomic E-state index is -0.674. The van der Waals surface area contributed by atoms with Crippen molar-refractivity contribution < 1.29 is 18.7 Å². The number of aryl methyl sites for hydroxylation is 2. The van der Waals surface area contributed by atoms with E-state index in [0.717, 1.165) is 33.6 Å². The largest absolute Gasteiger partial charge is 0.488 e. The lowest BCUT2D eigenvalue weighted by Gasteiger charge is -2.28. The van der Waals surface area contributed by atoms with E-state index in [-0.39, 0.29) is 12.1 Å². The lowest BCUT2D eigenvalue weighted by Crippen LogP contribution is -2.48. The van der Waals surface area contributed by atoms with Gasteiger partial charge in [0.25, 0.3) is 0 Å². The van der Waals surface area contributed by atoms with Crippen molar-refractivity contribution >= 4 is 28.5 Å². The number of nitrogens with zero attached hydrogens (tertiary/aromatic N) is 1. The second-order valence-corrected chi connectivity index (χ2v) is 7.57. The van der Waals surface area contributed by atoms with E-state index in [1.54, 1.807) is 19.2 Å². The first-order chi connectivity index (χ1) is 13.8. The Hall–Kier alpha value is -3.28. The van der Waals surface area contributed by atoms with Crippen LogP contribution in [0.15, 0.2) is 46.9 Å². The number of amides is 2. The smallest absolute Gasteiger partial charge is 0.313 e. The Bertz CT molecular complexity index is 1080. The number of furan rings is 1. The zero-order valence-corrected chi connectivity index (χ0v) is 17.0. The summed E-state index contributed by atoms with van der Waals surface area (Å²) in [4.78, 5) is 26.7. The van der Waals surface area contributed by atoms with Crippen molar-refractivity contribution in [2.24, 2.45) is 0 Å². The minimum absolute atomic E-state index is 0.179. The Kier molecular flexibility index (Phi) is 4.78. The van der Waals surface area contributed by atoms with Gasteiger partial charge in [-0.05, 0) is 56.2 Å². The van der Waals surface area contributed by atoms with E-state index in [0.29, 0.717) is 12.1 Å². The maximum Gasteiger partial charge on any atom is 0.313 e. The molecule has 1 N–H and O–H groups in total. The molecular formula is C23H24N2O4. The number of fused-ring (bicyclic) bond motifs is 2. The molecule has 0 fully saturated rings. The zero-order chi connectivity index (χ0) is 20.7. The Labute approximate surface area is 169 Å². The van der Waals surface area contributed by atoms with Crippen LogP contribution in [-0.2, 0) is 16.0 Å². The van der Waals surface area contributed by atoms with Gasteiger partial charge >= 0.3 is 11.8 Å². The Morgan fingerprint density at radius 1 is 1.17 bits per heavy atom. The molecule has 0 saturated heterocycles. The molecule has 3 aromatic rings. The van der Waals surface area contributed by atoms with Gasteiger partial charge in [-0.1, -0.05) is 18.2 Å². The van der Waals surface area contributed by atoms with Gasteiger partial charge in [0.05, 0.1) is 6.04 Å². The third-order valence-corrected chi connectivity index (χ3v) is 5.77. The first-order valence-corrected chi connectivity index (χ1v) is 9.67. The fourth-order valence-corrected chi connectivity index (χ4v) is 3.68. The number of anilines is 1. The highest BCUT2D eigenvalue weighted by atomic mass is 16.5. The van der Waals surface area contributed by atoms with Crippen LogP contribution in [0.25, 0.3) is 11.0 Å².